The predicted octanol–water partition coefficient (Wildman–Crippen LogP) is 2.15. The molecule has 0 saturated carbocycles. The Labute approximate surface area is 118 Å². The molecule has 1 amide bonds. The Morgan fingerprint density at radius 3 is 2.75 bits per heavy atom. The van der Waals surface area contributed by atoms with Gasteiger partial charge >= 0.3 is 0 Å². The van der Waals surface area contributed by atoms with Crippen molar-refractivity contribution in [1.29, 1.82) is 0 Å². The van der Waals surface area contributed by atoms with E-state index in [2.05, 4.69) is 12.2 Å². The van der Waals surface area contributed by atoms with Gasteiger partial charge < -0.3 is 11.1 Å². The summed E-state index contributed by atoms with van der Waals surface area (Å²) in [6, 6.07) is 4.44. The predicted molar refractivity (Wildman–Crippen MR) is 77.7 cm³/mol. The van der Waals surface area contributed by atoms with Crippen molar-refractivity contribution in [1.82, 2.24) is 5.32 Å². The van der Waals surface area contributed by atoms with E-state index in [0.717, 1.165) is 19.3 Å². The van der Waals surface area contributed by atoms with Gasteiger partial charge in [0.1, 0.15) is 5.56 Å². The minimum Gasteiger partial charge on any atom is -0.348 e. The molecule has 0 aliphatic heterocycles. The van der Waals surface area contributed by atoms with E-state index in [9.17, 15) is 14.9 Å². The van der Waals surface area contributed by atoms with Gasteiger partial charge in [0.15, 0.2) is 0 Å². The second-order valence-corrected chi connectivity index (χ2v) is 4.77. The van der Waals surface area contributed by atoms with Crippen molar-refractivity contribution in [2.75, 3.05) is 6.54 Å². The van der Waals surface area contributed by atoms with E-state index >= 15 is 0 Å². The van der Waals surface area contributed by atoms with E-state index in [4.69, 9.17) is 5.73 Å². The molecule has 3 N–H and O–H groups in total. The first-order valence-electron chi connectivity index (χ1n) is 6.76. The summed E-state index contributed by atoms with van der Waals surface area (Å²) in [5.41, 5.74) is 6.16. The molecule has 6 nitrogen and oxygen atoms in total. The second kappa shape index (κ2) is 7.59. The molecule has 0 fully saturated rings. The van der Waals surface area contributed by atoms with E-state index in [1.54, 1.807) is 19.1 Å². The number of aryl methyl sites for hydroxylation is 1. The number of nitro benzene ring substituents is 1. The fraction of sp³-hybridized carbons (Fsp3) is 0.500. The van der Waals surface area contributed by atoms with Crippen LogP contribution in [0.5, 0.6) is 0 Å². The monoisotopic (exact) mass is 279 g/mol. The number of nitrogens with one attached hydrogen (secondary N) is 1. The summed E-state index contributed by atoms with van der Waals surface area (Å²) in [5.74, 6) is -0.429. The molecule has 0 heterocycles. The Bertz CT molecular complexity index is 489. The van der Waals surface area contributed by atoms with Gasteiger partial charge in [0.25, 0.3) is 11.6 Å². The number of rotatable bonds is 7. The van der Waals surface area contributed by atoms with Gasteiger partial charge in [-0.1, -0.05) is 31.9 Å². The number of nitro groups is 1. The number of carbonyl (C=O) groups excluding carboxylic acids is 1. The molecule has 1 aromatic carbocycles. The second-order valence-electron chi connectivity index (χ2n) is 4.77. The molecule has 6 heteroatoms. The Morgan fingerprint density at radius 1 is 1.50 bits per heavy atom. The average Bonchev–Trinajstić information content (AvgIpc) is 2.42. The van der Waals surface area contributed by atoms with E-state index < -0.39 is 10.8 Å². The number of nitrogens with zero attached hydrogens (tertiary/aromatic N) is 1. The van der Waals surface area contributed by atoms with Crippen LogP contribution in [0.4, 0.5) is 5.69 Å². The van der Waals surface area contributed by atoms with Crippen LogP contribution in [-0.2, 0) is 0 Å². The van der Waals surface area contributed by atoms with Crippen molar-refractivity contribution in [3.05, 3.63) is 39.4 Å². The zero-order valence-electron chi connectivity index (χ0n) is 11.9. The third-order valence-corrected chi connectivity index (χ3v) is 3.20. The molecular weight excluding hydrogens is 258 g/mol. The highest BCUT2D eigenvalue weighted by atomic mass is 16.6. The molecule has 0 bridgehead atoms. The third kappa shape index (κ3) is 4.03. The highest BCUT2D eigenvalue weighted by molar-refractivity contribution is 5.99. The van der Waals surface area contributed by atoms with Gasteiger partial charge in [0.2, 0.25) is 0 Å². The van der Waals surface area contributed by atoms with Crippen LogP contribution < -0.4 is 11.1 Å². The SMILES string of the molecule is CCCCC(CN)NC(=O)c1c(C)cccc1[N+](=O)[O-]. The van der Waals surface area contributed by atoms with Gasteiger partial charge in [-0.2, -0.15) is 0 Å². The quantitative estimate of drug-likeness (QED) is 0.590. The molecule has 110 valence electrons. The normalized spacial score (nSPS) is 11.9. The number of unbranched alkanes of at least 4 members (excludes halogenated alkanes) is 1. The van der Waals surface area contributed by atoms with Gasteiger partial charge in [-0.25, -0.2) is 0 Å². The Kier molecular flexibility index (Phi) is 6.11. The lowest BCUT2D eigenvalue weighted by molar-refractivity contribution is -0.385. The van der Waals surface area contributed by atoms with Gasteiger partial charge in [-0.3, -0.25) is 14.9 Å². The standard InChI is InChI=1S/C14H21N3O3/c1-3-4-7-11(9-15)16-14(18)13-10(2)6-5-8-12(13)17(19)20/h5-6,8,11H,3-4,7,9,15H2,1-2H3,(H,16,18). The molecule has 20 heavy (non-hydrogen) atoms. The number of hydrogen-bond donors (Lipinski definition) is 2. The first kappa shape index (κ1) is 16.1. The summed E-state index contributed by atoms with van der Waals surface area (Å²) in [6.45, 7) is 4.07. The molecule has 1 unspecified atom stereocenters. The van der Waals surface area contributed by atoms with E-state index in [1.807, 2.05) is 0 Å². The van der Waals surface area contributed by atoms with Gasteiger partial charge in [0, 0.05) is 18.7 Å². The maximum atomic E-state index is 12.3. The molecule has 0 aromatic heterocycles. The minimum atomic E-state index is -0.536. The summed E-state index contributed by atoms with van der Waals surface area (Å²) in [6.07, 6.45) is 2.74. The molecule has 1 atom stereocenters. The van der Waals surface area contributed by atoms with Crippen LogP contribution in [0.3, 0.4) is 0 Å². The van der Waals surface area contributed by atoms with Crippen LogP contribution in [-0.4, -0.2) is 23.4 Å². The molecule has 0 aliphatic rings. The number of nitrogens with two attached hydrogens (primary N) is 1. The third-order valence-electron chi connectivity index (χ3n) is 3.20. The number of carbonyl (C=O) groups is 1. The van der Waals surface area contributed by atoms with Crippen LogP contribution in [0.25, 0.3) is 0 Å². The fourth-order valence-corrected chi connectivity index (χ4v) is 2.06. The van der Waals surface area contributed by atoms with E-state index in [-0.39, 0.29) is 17.3 Å². The summed E-state index contributed by atoms with van der Waals surface area (Å²) in [5, 5.41) is 13.8. The smallest absolute Gasteiger partial charge is 0.282 e. The summed E-state index contributed by atoms with van der Waals surface area (Å²) < 4.78 is 0. The summed E-state index contributed by atoms with van der Waals surface area (Å²) in [7, 11) is 0. The lowest BCUT2D eigenvalue weighted by atomic mass is 10.0. The molecule has 0 radical (unpaired) electrons. The van der Waals surface area contributed by atoms with Crippen molar-refractivity contribution in [3.63, 3.8) is 0 Å². The summed E-state index contributed by atoms with van der Waals surface area (Å²) in [4.78, 5) is 22.7. The van der Waals surface area contributed by atoms with Crippen LogP contribution >= 0.6 is 0 Å². The van der Waals surface area contributed by atoms with Crippen molar-refractivity contribution >= 4 is 11.6 Å². The number of hydrogen-bond acceptors (Lipinski definition) is 4. The van der Waals surface area contributed by atoms with Crippen LogP contribution in [0.1, 0.15) is 42.1 Å². The average molecular weight is 279 g/mol. The molecule has 1 aromatic rings. The van der Waals surface area contributed by atoms with Gasteiger partial charge in [-0.15, -0.1) is 0 Å². The van der Waals surface area contributed by atoms with Gasteiger partial charge in [0.05, 0.1) is 4.92 Å². The van der Waals surface area contributed by atoms with Gasteiger partial charge in [-0.05, 0) is 18.9 Å². The molecule has 0 saturated heterocycles. The zero-order chi connectivity index (χ0) is 15.1. The Morgan fingerprint density at radius 2 is 2.20 bits per heavy atom. The first-order valence-corrected chi connectivity index (χ1v) is 6.76. The number of amides is 1. The lowest BCUT2D eigenvalue weighted by Gasteiger charge is -2.17. The van der Waals surface area contributed by atoms with E-state index in [0.29, 0.717) is 12.1 Å². The largest absolute Gasteiger partial charge is 0.348 e. The first-order chi connectivity index (χ1) is 9.51. The Hall–Kier alpha value is -1.95. The fourth-order valence-electron chi connectivity index (χ4n) is 2.06. The number of benzene rings is 1. The highest BCUT2D eigenvalue weighted by Crippen LogP contribution is 2.21. The topological polar surface area (TPSA) is 98.3 Å². The maximum Gasteiger partial charge on any atom is 0.282 e. The zero-order valence-corrected chi connectivity index (χ0v) is 11.9. The molecule has 1 rings (SSSR count). The summed E-state index contributed by atoms with van der Waals surface area (Å²) >= 11 is 0. The maximum absolute atomic E-state index is 12.3. The lowest BCUT2D eigenvalue weighted by Crippen LogP contribution is -2.40. The van der Waals surface area contributed by atoms with Crippen LogP contribution in [0, 0.1) is 17.0 Å². The van der Waals surface area contributed by atoms with Crippen molar-refractivity contribution < 1.29 is 9.72 Å². The Balaban J connectivity index is 2.94. The molecule has 0 aliphatic carbocycles. The van der Waals surface area contributed by atoms with Crippen molar-refractivity contribution in [2.24, 2.45) is 5.73 Å². The van der Waals surface area contributed by atoms with Crippen molar-refractivity contribution in [3.8, 4) is 0 Å². The van der Waals surface area contributed by atoms with Crippen LogP contribution in [0.15, 0.2) is 18.2 Å². The van der Waals surface area contributed by atoms with Crippen LogP contribution in [0.2, 0.25) is 0 Å². The van der Waals surface area contributed by atoms with Crippen molar-refractivity contribution in [2.45, 2.75) is 39.2 Å². The van der Waals surface area contributed by atoms with E-state index in [1.165, 1.54) is 6.07 Å². The minimum absolute atomic E-state index is 0.118. The molecular formula is C14H21N3O3. The molecule has 0 spiro atoms. The highest BCUT2D eigenvalue weighted by Gasteiger charge is 2.23.